The molecule has 0 bridgehead atoms. The second-order valence-electron chi connectivity index (χ2n) is 10.5. The summed E-state index contributed by atoms with van der Waals surface area (Å²) >= 11 is 0. The number of carboxylic acid groups (broad SMARTS) is 1. The number of aromatic carboxylic acids is 1. The Hall–Kier alpha value is -3.01. The van der Waals surface area contributed by atoms with Crippen molar-refractivity contribution < 1.29 is 36.4 Å². The Bertz CT molecular complexity index is 1560. The number of Topliss-reactive ketones (excluding diaryl/α,β-unsaturated/α-hetero) is 1. The molecule has 2 heterocycles. The van der Waals surface area contributed by atoms with E-state index in [2.05, 4.69) is 11.1 Å². The lowest BCUT2D eigenvalue weighted by atomic mass is 9.80. The summed E-state index contributed by atoms with van der Waals surface area (Å²) in [5.41, 5.74) is 4.86. The van der Waals surface area contributed by atoms with Gasteiger partial charge in [0.25, 0.3) is 0 Å². The summed E-state index contributed by atoms with van der Waals surface area (Å²) in [4.78, 5) is 33.8. The van der Waals surface area contributed by atoms with Crippen LogP contribution in [0.4, 0.5) is 0 Å². The number of ketones is 1. The minimum Gasteiger partial charge on any atom is -1.00 e. The van der Waals surface area contributed by atoms with Gasteiger partial charge in [0, 0.05) is 27.4 Å². The lowest BCUT2D eigenvalue weighted by molar-refractivity contribution is -0.610. The molecule has 4 aromatic rings. The molecule has 0 amide bonds. The third-order valence-electron chi connectivity index (χ3n) is 7.47. The Morgan fingerprint density at radius 1 is 1.10 bits per heavy atom. The number of H-pyrrole nitrogens is 1. The van der Waals surface area contributed by atoms with Crippen LogP contribution in [0, 0.1) is 6.92 Å². The standard InChI is InChI=1S/C29H29N3O4S2.ClH/c1-16-22(15-37-38-24-10-8-7-9-17(24)25(33)34)32(12-11-23(16)36-6)27-30-20-13-18-19(14-21(20)31-27)29(4,5)26(35)28(18,2)3;/h7-14H,15H2,1-6H3,(H-,30,31,33,34);1H. The van der Waals surface area contributed by atoms with Gasteiger partial charge in [-0.05, 0) is 70.0 Å². The number of halogens is 1. The first-order valence-corrected chi connectivity index (χ1v) is 14.6. The molecule has 2 aromatic carbocycles. The quantitative estimate of drug-likeness (QED) is 0.255. The number of nitrogens with zero attached hydrogens (tertiary/aromatic N) is 2. The van der Waals surface area contributed by atoms with Crippen molar-refractivity contribution in [1.29, 1.82) is 0 Å². The molecular weight excluding hydrogens is 554 g/mol. The number of imidazole rings is 1. The number of methoxy groups -OCH3 is 1. The second-order valence-corrected chi connectivity index (χ2v) is 12.9. The molecule has 0 saturated carbocycles. The van der Waals surface area contributed by atoms with E-state index in [1.165, 1.54) is 10.8 Å². The van der Waals surface area contributed by atoms with Gasteiger partial charge in [-0.3, -0.25) is 4.79 Å². The van der Waals surface area contributed by atoms with E-state index in [4.69, 9.17) is 9.72 Å². The Morgan fingerprint density at radius 2 is 1.77 bits per heavy atom. The zero-order valence-electron chi connectivity index (χ0n) is 22.6. The van der Waals surface area contributed by atoms with Gasteiger partial charge >= 0.3 is 11.9 Å². The minimum absolute atomic E-state index is 0. The van der Waals surface area contributed by atoms with Gasteiger partial charge in [0.2, 0.25) is 0 Å². The highest BCUT2D eigenvalue weighted by Crippen LogP contribution is 2.47. The predicted molar refractivity (Wildman–Crippen MR) is 151 cm³/mol. The molecule has 1 aliphatic carbocycles. The molecule has 0 fully saturated rings. The highest BCUT2D eigenvalue weighted by atomic mass is 35.5. The van der Waals surface area contributed by atoms with Crippen molar-refractivity contribution in [2.45, 2.75) is 56.1 Å². The summed E-state index contributed by atoms with van der Waals surface area (Å²) in [5.74, 6) is 1.30. The van der Waals surface area contributed by atoms with Crippen LogP contribution >= 0.6 is 21.6 Å². The highest BCUT2D eigenvalue weighted by Gasteiger charge is 2.50. The molecule has 7 nitrogen and oxygen atoms in total. The number of fused-ring (bicyclic) bond motifs is 2. The van der Waals surface area contributed by atoms with Crippen LogP contribution < -0.4 is 21.7 Å². The molecule has 0 atom stereocenters. The third kappa shape index (κ3) is 4.81. The molecule has 2 N–H and O–H groups in total. The van der Waals surface area contributed by atoms with Gasteiger partial charge in [0.15, 0.2) is 11.3 Å². The summed E-state index contributed by atoms with van der Waals surface area (Å²) in [6.07, 6.45) is 1.93. The van der Waals surface area contributed by atoms with Crippen molar-refractivity contribution in [2.24, 2.45) is 0 Å². The summed E-state index contributed by atoms with van der Waals surface area (Å²) in [7, 11) is 4.64. The van der Waals surface area contributed by atoms with Crippen molar-refractivity contribution in [3.63, 3.8) is 0 Å². The summed E-state index contributed by atoms with van der Waals surface area (Å²) in [6.45, 7) is 9.96. The number of benzene rings is 2. The van der Waals surface area contributed by atoms with Crippen LogP contribution in [0.1, 0.15) is 60.4 Å². The van der Waals surface area contributed by atoms with Crippen LogP contribution in [0.15, 0.2) is 53.6 Å². The van der Waals surface area contributed by atoms with Crippen LogP contribution in [0.5, 0.6) is 5.75 Å². The minimum atomic E-state index is -0.941. The number of aromatic amines is 1. The number of hydrogen-bond acceptors (Lipinski definition) is 6. The zero-order valence-corrected chi connectivity index (χ0v) is 25.0. The number of carbonyl (C=O) groups is 2. The second kappa shape index (κ2) is 10.5. The molecule has 39 heavy (non-hydrogen) atoms. The lowest BCUT2D eigenvalue weighted by Crippen LogP contribution is -3.00. The number of carboxylic acids is 1. The Kier molecular flexibility index (Phi) is 7.82. The molecular formula is C29H30ClN3O4S2. The number of hydrogen-bond donors (Lipinski definition) is 2. The fraction of sp³-hybridized carbons (Fsp3) is 0.310. The van der Waals surface area contributed by atoms with Crippen molar-refractivity contribution in [2.75, 3.05) is 7.11 Å². The first-order chi connectivity index (χ1) is 18.0. The van der Waals surface area contributed by atoms with E-state index in [0.717, 1.165) is 39.2 Å². The average Bonchev–Trinajstić information content (AvgIpc) is 3.36. The van der Waals surface area contributed by atoms with Gasteiger partial charge in [0.1, 0.15) is 17.0 Å². The summed E-state index contributed by atoms with van der Waals surface area (Å²) < 4.78 is 7.61. The van der Waals surface area contributed by atoms with Crippen LogP contribution in [0.3, 0.4) is 0 Å². The van der Waals surface area contributed by atoms with E-state index < -0.39 is 16.8 Å². The van der Waals surface area contributed by atoms with Gasteiger partial charge in [-0.1, -0.05) is 38.7 Å². The van der Waals surface area contributed by atoms with Crippen LogP contribution in [0.25, 0.3) is 17.0 Å². The van der Waals surface area contributed by atoms with Crippen molar-refractivity contribution in [1.82, 2.24) is 9.97 Å². The zero-order chi connectivity index (χ0) is 27.4. The SMILES string of the molecule is COc1cc[n+](-c2nc3cc4c(cc3[nH]2)C(C)(C)C(=O)C4(C)C)c(CSSc2ccccc2C(=O)O)c1C.[Cl-]. The van der Waals surface area contributed by atoms with E-state index in [-0.39, 0.29) is 23.8 Å². The van der Waals surface area contributed by atoms with Gasteiger partial charge in [-0.25, -0.2) is 14.3 Å². The molecule has 204 valence electrons. The fourth-order valence-electron chi connectivity index (χ4n) is 5.36. The summed E-state index contributed by atoms with van der Waals surface area (Å²) in [6, 6.07) is 13.0. The predicted octanol–water partition coefficient (Wildman–Crippen LogP) is 2.94. The molecule has 10 heteroatoms. The maximum Gasteiger partial charge on any atom is 0.402 e. The Balaban J connectivity index is 0.00000353. The number of aromatic nitrogens is 3. The average molecular weight is 584 g/mol. The molecule has 0 aliphatic heterocycles. The maximum absolute atomic E-state index is 13.1. The molecule has 1 aliphatic rings. The number of nitrogens with one attached hydrogen (secondary N) is 1. The van der Waals surface area contributed by atoms with Gasteiger partial charge in [-0.2, -0.15) is 0 Å². The van der Waals surface area contributed by atoms with Crippen LogP contribution in [-0.2, 0) is 21.4 Å². The molecule has 0 spiro atoms. The maximum atomic E-state index is 13.1. The summed E-state index contributed by atoms with van der Waals surface area (Å²) in [5, 5.41) is 9.52. The smallest absolute Gasteiger partial charge is 0.402 e. The van der Waals surface area contributed by atoms with Crippen molar-refractivity contribution in [3.8, 4) is 11.7 Å². The highest BCUT2D eigenvalue weighted by molar-refractivity contribution is 8.76. The monoisotopic (exact) mass is 583 g/mol. The number of pyridine rings is 1. The molecule has 5 rings (SSSR count). The number of rotatable bonds is 7. The Morgan fingerprint density at radius 3 is 2.44 bits per heavy atom. The van der Waals surface area contributed by atoms with Gasteiger partial charge in [-0.15, -0.1) is 0 Å². The third-order valence-corrected chi connectivity index (χ3v) is 9.76. The normalized spacial score (nSPS) is 15.2. The van der Waals surface area contributed by atoms with Gasteiger partial charge in [0.05, 0.1) is 24.6 Å². The van der Waals surface area contributed by atoms with Crippen molar-refractivity contribution in [3.05, 3.63) is 76.6 Å². The first-order valence-electron chi connectivity index (χ1n) is 12.3. The molecule has 0 unspecified atom stereocenters. The van der Waals surface area contributed by atoms with Crippen molar-refractivity contribution >= 4 is 44.4 Å². The lowest BCUT2D eigenvalue weighted by Gasteiger charge is -2.21. The van der Waals surface area contributed by atoms with Gasteiger partial charge < -0.3 is 22.3 Å². The van der Waals surface area contributed by atoms with E-state index in [0.29, 0.717) is 16.6 Å². The first kappa shape index (κ1) is 29.0. The molecule has 2 aromatic heterocycles. The van der Waals surface area contributed by atoms with E-state index in [9.17, 15) is 14.7 Å². The van der Waals surface area contributed by atoms with E-state index in [1.54, 1.807) is 30.0 Å². The largest absolute Gasteiger partial charge is 1.00 e. The topological polar surface area (TPSA) is 96.2 Å². The molecule has 0 saturated heterocycles. The van der Waals surface area contributed by atoms with E-state index in [1.807, 2.05) is 69.6 Å². The van der Waals surface area contributed by atoms with Crippen LogP contribution in [0.2, 0.25) is 0 Å². The molecule has 0 radical (unpaired) electrons. The fourth-order valence-corrected chi connectivity index (χ4v) is 7.72. The Labute approximate surface area is 241 Å². The van der Waals surface area contributed by atoms with E-state index >= 15 is 0 Å². The van der Waals surface area contributed by atoms with Crippen LogP contribution in [-0.4, -0.2) is 33.9 Å². The number of carbonyl (C=O) groups excluding carboxylic acids is 1. The number of ether oxygens (including phenoxy) is 1.